The van der Waals surface area contributed by atoms with Gasteiger partial charge >= 0.3 is 5.97 Å². The summed E-state index contributed by atoms with van der Waals surface area (Å²) in [7, 11) is 2.83. The Labute approximate surface area is 149 Å². The Kier molecular flexibility index (Phi) is 3.93. The van der Waals surface area contributed by atoms with E-state index in [1.165, 1.54) is 14.2 Å². The second-order valence-electron chi connectivity index (χ2n) is 5.70. The van der Waals surface area contributed by atoms with Crippen molar-refractivity contribution in [2.45, 2.75) is 0 Å². The van der Waals surface area contributed by atoms with Crippen molar-refractivity contribution in [1.82, 2.24) is 9.97 Å². The summed E-state index contributed by atoms with van der Waals surface area (Å²) in [5.41, 5.74) is 2.02. The summed E-state index contributed by atoms with van der Waals surface area (Å²) in [5.74, 6) is 1.22. The van der Waals surface area contributed by atoms with E-state index in [0.29, 0.717) is 33.7 Å². The number of hydrogen-bond acceptors (Lipinski definition) is 5. The first kappa shape index (κ1) is 16.0. The van der Waals surface area contributed by atoms with Gasteiger partial charge in [0.15, 0.2) is 0 Å². The van der Waals surface area contributed by atoms with Crippen LogP contribution in [0.4, 0.5) is 0 Å². The molecule has 0 bridgehead atoms. The monoisotopic (exact) mass is 348 g/mol. The van der Waals surface area contributed by atoms with Crippen LogP contribution in [0.2, 0.25) is 0 Å². The van der Waals surface area contributed by atoms with Gasteiger partial charge in [-0.2, -0.15) is 0 Å². The van der Waals surface area contributed by atoms with Crippen molar-refractivity contribution >= 4 is 27.8 Å². The SMILES string of the molecule is COC(=O)c1cc2c(Oc3ccc4[nH]ccc4c3)ccnc2cc1OC. The molecule has 6 heteroatoms. The number of H-pyrrole nitrogens is 1. The highest BCUT2D eigenvalue weighted by Crippen LogP contribution is 2.34. The van der Waals surface area contributed by atoms with Crippen LogP contribution in [0.3, 0.4) is 0 Å². The van der Waals surface area contributed by atoms with Crippen LogP contribution < -0.4 is 9.47 Å². The van der Waals surface area contributed by atoms with E-state index in [0.717, 1.165) is 10.9 Å². The molecular formula is C20H16N2O4. The maximum Gasteiger partial charge on any atom is 0.341 e. The molecule has 6 nitrogen and oxygen atoms in total. The average Bonchev–Trinajstić information content (AvgIpc) is 3.14. The van der Waals surface area contributed by atoms with E-state index in [9.17, 15) is 4.79 Å². The van der Waals surface area contributed by atoms with Crippen molar-refractivity contribution in [1.29, 1.82) is 0 Å². The number of fused-ring (bicyclic) bond motifs is 2. The molecule has 0 fully saturated rings. The number of hydrogen-bond donors (Lipinski definition) is 1. The van der Waals surface area contributed by atoms with Crippen molar-refractivity contribution in [3.63, 3.8) is 0 Å². The predicted molar refractivity (Wildman–Crippen MR) is 98.0 cm³/mol. The minimum absolute atomic E-state index is 0.321. The number of esters is 1. The first-order valence-electron chi connectivity index (χ1n) is 7.99. The van der Waals surface area contributed by atoms with Gasteiger partial charge in [-0.05, 0) is 36.4 Å². The van der Waals surface area contributed by atoms with E-state index < -0.39 is 5.97 Å². The number of pyridine rings is 1. The van der Waals surface area contributed by atoms with Crippen molar-refractivity contribution in [3.8, 4) is 17.2 Å². The quantitative estimate of drug-likeness (QED) is 0.557. The maximum absolute atomic E-state index is 12.1. The molecular weight excluding hydrogens is 332 g/mol. The van der Waals surface area contributed by atoms with Gasteiger partial charge in [-0.1, -0.05) is 0 Å². The Morgan fingerprint density at radius 2 is 1.92 bits per heavy atom. The third-order valence-electron chi connectivity index (χ3n) is 4.18. The van der Waals surface area contributed by atoms with E-state index in [2.05, 4.69) is 9.97 Å². The molecule has 0 spiro atoms. The molecule has 0 aliphatic heterocycles. The number of aromatic nitrogens is 2. The molecule has 0 atom stereocenters. The zero-order valence-corrected chi connectivity index (χ0v) is 14.3. The van der Waals surface area contributed by atoms with Crippen molar-refractivity contribution < 1.29 is 19.0 Å². The summed E-state index contributed by atoms with van der Waals surface area (Å²) >= 11 is 0. The summed E-state index contributed by atoms with van der Waals surface area (Å²) in [6, 6.07) is 12.9. The number of ether oxygens (including phenoxy) is 3. The van der Waals surface area contributed by atoms with Crippen LogP contribution in [0.5, 0.6) is 17.2 Å². The van der Waals surface area contributed by atoms with Gasteiger partial charge in [-0.15, -0.1) is 0 Å². The van der Waals surface area contributed by atoms with E-state index >= 15 is 0 Å². The number of nitrogens with zero attached hydrogens (tertiary/aromatic N) is 1. The lowest BCUT2D eigenvalue weighted by molar-refractivity contribution is 0.0597. The molecule has 26 heavy (non-hydrogen) atoms. The summed E-state index contributed by atoms with van der Waals surface area (Å²) in [6.07, 6.45) is 3.54. The molecule has 1 N–H and O–H groups in total. The number of aromatic amines is 1. The predicted octanol–water partition coefficient (Wildman–Crippen LogP) is 4.30. The first-order chi connectivity index (χ1) is 12.7. The third-order valence-corrected chi connectivity index (χ3v) is 4.18. The largest absolute Gasteiger partial charge is 0.496 e. The Bertz CT molecular complexity index is 1120. The molecule has 4 aromatic rings. The second-order valence-corrected chi connectivity index (χ2v) is 5.70. The molecule has 0 saturated carbocycles. The minimum atomic E-state index is -0.479. The summed E-state index contributed by atoms with van der Waals surface area (Å²) in [5, 5.41) is 1.75. The minimum Gasteiger partial charge on any atom is -0.496 e. The normalized spacial score (nSPS) is 10.8. The van der Waals surface area contributed by atoms with Crippen molar-refractivity contribution in [2.75, 3.05) is 14.2 Å². The average molecular weight is 348 g/mol. The molecule has 0 saturated heterocycles. The highest BCUT2D eigenvalue weighted by molar-refractivity contribution is 5.99. The number of methoxy groups -OCH3 is 2. The molecule has 130 valence electrons. The molecule has 2 aromatic carbocycles. The first-order valence-corrected chi connectivity index (χ1v) is 7.99. The molecule has 0 aliphatic carbocycles. The van der Waals surface area contributed by atoms with Gasteiger partial charge in [0.1, 0.15) is 22.8 Å². The van der Waals surface area contributed by atoms with Crippen LogP contribution in [-0.4, -0.2) is 30.2 Å². The molecule has 2 heterocycles. The summed E-state index contributed by atoms with van der Waals surface area (Å²) < 4.78 is 16.2. The van der Waals surface area contributed by atoms with Crippen molar-refractivity contribution in [3.05, 3.63) is 60.4 Å². The van der Waals surface area contributed by atoms with Crippen LogP contribution in [-0.2, 0) is 4.74 Å². The molecule has 0 unspecified atom stereocenters. The van der Waals surface area contributed by atoms with Gasteiger partial charge in [-0.25, -0.2) is 4.79 Å². The van der Waals surface area contributed by atoms with Crippen LogP contribution >= 0.6 is 0 Å². The number of rotatable bonds is 4. The number of carbonyl (C=O) groups is 1. The van der Waals surface area contributed by atoms with Gasteiger partial charge < -0.3 is 19.2 Å². The van der Waals surface area contributed by atoms with Gasteiger partial charge in [0.05, 0.1) is 19.7 Å². The van der Waals surface area contributed by atoms with Gasteiger partial charge in [-0.3, -0.25) is 4.98 Å². The van der Waals surface area contributed by atoms with E-state index in [1.54, 1.807) is 24.4 Å². The Morgan fingerprint density at radius 1 is 1.04 bits per heavy atom. The molecule has 0 aliphatic rings. The smallest absolute Gasteiger partial charge is 0.341 e. The van der Waals surface area contributed by atoms with Gasteiger partial charge in [0.2, 0.25) is 0 Å². The lowest BCUT2D eigenvalue weighted by Gasteiger charge is -2.12. The van der Waals surface area contributed by atoms with Crippen LogP contribution in [0.1, 0.15) is 10.4 Å². The zero-order valence-electron chi connectivity index (χ0n) is 14.3. The number of benzene rings is 2. The van der Waals surface area contributed by atoms with Crippen LogP contribution in [0.15, 0.2) is 54.9 Å². The highest BCUT2D eigenvalue weighted by atomic mass is 16.5. The topological polar surface area (TPSA) is 73.4 Å². The fourth-order valence-electron chi connectivity index (χ4n) is 2.90. The highest BCUT2D eigenvalue weighted by Gasteiger charge is 2.17. The van der Waals surface area contributed by atoms with E-state index in [1.807, 2.05) is 30.5 Å². The standard InChI is InChI=1S/C20H16N2O4/c1-24-19-11-17-14(10-15(19)20(23)25-2)18(6-8-22-17)26-13-3-4-16-12(9-13)5-7-21-16/h3-11,21H,1-2H3. The lowest BCUT2D eigenvalue weighted by atomic mass is 10.1. The van der Waals surface area contributed by atoms with Gasteiger partial charge in [0.25, 0.3) is 0 Å². The Balaban J connectivity index is 1.82. The molecule has 0 amide bonds. The fraction of sp³-hybridized carbons (Fsp3) is 0.100. The Morgan fingerprint density at radius 3 is 2.73 bits per heavy atom. The van der Waals surface area contributed by atoms with Crippen LogP contribution in [0.25, 0.3) is 21.8 Å². The molecule has 0 radical (unpaired) electrons. The van der Waals surface area contributed by atoms with E-state index in [4.69, 9.17) is 14.2 Å². The van der Waals surface area contributed by atoms with Crippen molar-refractivity contribution in [2.24, 2.45) is 0 Å². The summed E-state index contributed by atoms with van der Waals surface area (Å²) in [4.78, 5) is 19.5. The van der Waals surface area contributed by atoms with Crippen LogP contribution in [0, 0.1) is 0 Å². The van der Waals surface area contributed by atoms with Gasteiger partial charge in [0, 0.05) is 34.7 Å². The number of carbonyl (C=O) groups excluding carboxylic acids is 1. The lowest BCUT2D eigenvalue weighted by Crippen LogP contribution is -2.04. The third kappa shape index (κ3) is 2.71. The van der Waals surface area contributed by atoms with E-state index in [-0.39, 0.29) is 0 Å². The zero-order chi connectivity index (χ0) is 18.1. The number of nitrogens with one attached hydrogen (secondary N) is 1. The summed E-state index contributed by atoms with van der Waals surface area (Å²) in [6.45, 7) is 0. The maximum atomic E-state index is 12.1. The Hall–Kier alpha value is -3.54. The second kappa shape index (κ2) is 6.40. The fourth-order valence-corrected chi connectivity index (χ4v) is 2.90. The molecule has 4 rings (SSSR count). The molecule has 2 aromatic heterocycles.